The van der Waals surface area contributed by atoms with E-state index in [1.807, 2.05) is 14.0 Å². The Labute approximate surface area is 105 Å². The number of hydrogen-bond donors (Lipinski definition) is 1. The Kier molecular flexibility index (Phi) is 4.78. The van der Waals surface area contributed by atoms with Crippen molar-refractivity contribution >= 4 is 0 Å². The molecule has 1 aromatic heterocycles. The molecule has 1 rings (SSSR count). The summed E-state index contributed by atoms with van der Waals surface area (Å²) in [5.41, 5.74) is 1.53. The van der Waals surface area contributed by atoms with Gasteiger partial charge in [0.2, 0.25) is 0 Å². The molecule has 0 aliphatic carbocycles. The lowest BCUT2D eigenvalue weighted by Crippen LogP contribution is -2.44. The van der Waals surface area contributed by atoms with Crippen molar-refractivity contribution in [2.45, 2.75) is 40.3 Å². The maximum absolute atomic E-state index is 5.33. The van der Waals surface area contributed by atoms with Crippen LogP contribution in [0.3, 0.4) is 0 Å². The summed E-state index contributed by atoms with van der Waals surface area (Å²) in [6.07, 6.45) is 1.76. The van der Waals surface area contributed by atoms with Crippen molar-refractivity contribution < 1.29 is 4.42 Å². The predicted molar refractivity (Wildman–Crippen MR) is 72.1 cm³/mol. The number of hydrogen-bond acceptors (Lipinski definition) is 3. The van der Waals surface area contributed by atoms with Crippen LogP contribution in [0.2, 0.25) is 0 Å². The molecule has 3 heteroatoms. The van der Waals surface area contributed by atoms with E-state index in [0.29, 0.717) is 6.04 Å². The number of rotatable bonds is 6. The van der Waals surface area contributed by atoms with Crippen LogP contribution in [-0.2, 0) is 6.54 Å². The number of nitrogens with one attached hydrogen (secondary N) is 1. The van der Waals surface area contributed by atoms with Gasteiger partial charge in [0, 0.05) is 24.7 Å². The van der Waals surface area contributed by atoms with Gasteiger partial charge in [-0.15, -0.1) is 0 Å². The Morgan fingerprint density at radius 1 is 1.47 bits per heavy atom. The summed E-state index contributed by atoms with van der Waals surface area (Å²) in [5.74, 6) is 1.02. The van der Waals surface area contributed by atoms with Crippen LogP contribution in [0.1, 0.15) is 32.1 Å². The molecule has 0 aromatic carbocycles. The summed E-state index contributed by atoms with van der Waals surface area (Å²) in [6, 6.07) is 2.55. The number of furan rings is 1. The highest BCUT2D eigenvalue weighted by atomic mass is 16.3. The van der Waals surface area contributed by atoms with E-state index in [2.05, 4.69) is 44.1 Å². The molecule has 0 spiro atoms. The van der Waals surface area contributed by atoms with Gasteiger partial charge in [0.1, 0.15) is 5.76 Å². The van der Waals surface area contributed by atoms with Crippen molar-refractivity contribution in [2.75, 3.05) is 20.6 Å². The van der Waals surface area contributed by atoms with Crippen molar-refractivity contribution in [1.29, 1.82) is 0 Å². The van der Waals surface area contributed by atoms with E-state index in [1.54, 1.807) is 6.26 Å². The molecule has 0 saturated carbocycles. The summed E-state index contributed by atoms with van der Waals surface area (Å²) >= 11 is 0. The summed E-state index contributed by atoms with van der Waals surface area (Å²) in [7, 11) is 4.18. The van der Waals surface area contributed by atoms with Gasteiger partial charge in [0.05, 0.1) is 6.26 Å². The molecule has 0 radical (unpaired) electrons. The minimum atomic E-state index is 0.251. The van der Waals surface area contributed by atoms with E-state index in [1.165, 1.54) is 5.56 Å². The molecule has 0 saturated heterocycles. The molecule has 0 fully saturated rings. The second-order valence-corrected chi connectivity index (χ2v) is 5.67. The van der Waals surface area contributed by atoms with Crippen LogP contribution in [0.4, 0.5) is 0 Å². The van der Waals surface area contributed by atoms with Crippen molar-refractivity contribution in [1.82, 2.24) is 10.2 Å². The molecule has 0 aliphatic heterocycles. The molecule has 1 N–H and O–H groups in total. The van der Waals surface area contributed by atoms with Crippen LogP contribution >= 0.6 is 0 Å². The Balaban J connectivity index is 2.55. The average molecular weight is 238 g/mol. The molecule has 3 nitrogen and oxygen atoms in total. The lowest BCUT2D eigenvalue weighted by atomic mass is 9.85. The summed E-state index contributed by atoms with van der Waals surface area (Å²) < 4.78 is 5.33. The van der Waals surface area contributed by atoms with Crippen molar-refractivity contribution in [3.05, 3.63) is 23.7 Å². The number of aryl methyl sites for hydroxylation is 1. The van der Waals surface area contributed by atoms with E-state index in [4.69, 9.17) is 4.42 Å². The van der Waals surface area contributed by atoms with Gasteiger partial charge in [0.25, 0.3) is 0 Å². The van der Waals surface area contributed by atoms with Gasteiger partial charge in [-0.25, -0.2) is 0 Å². The van der Waals surface area contributed by atoms with Gasteiger partial charge < -0.3 is 14.6 Å². The molecule has 98 valence electrons. The zero-order valence-corrected chi connectivity index (χ0v) is 12.0. The van der Waals surface area contributed by atoms with Gasteiger partial charge in [-0.05, 0) is 39.4 Å². The highest BCUT2D eigenvalue weighted by Gasteiger charge is 2.26. The Morgan fingerprint density at radius 3 is 2.59 bits per heavy atom. The molecule has 1 aromatic rings. The first-order valence-electron chi connectivity index (χ1n) is 6.25. The first-order chi connectivity index (χ1) is 7.86. The normalized spacial score (nSPS) is 14.3. The van der Waals surface area contributed by atoms with E-state index >= 15 is 0 Å². The average Bonchev–Trinajstić information content (AvgIpc) is 2.62. The van der Waals surface area contributed by atoms with Crippen LogP contribution in [0.15, 0.2) is 16.7 Å². The summed E-state index contributed by atoms with van der Waals surface area (Å²) in [5, 5.41) is 3.34. The van der Waals surface area contributed by atoms with E-state index in [0.717, 1.165) is 18.8 Å². The van der Waals surface area contributed by atoms with Gasteiger partial charge in [-0.1, -0.05) is 13.8 Å². The van der Waals surface area contributed by atoms with Gasteiger partial charge in [-0.2, -0.15) is 0 Å². The van der Waals surface area contributed by atoms with Crippen LogP contribution in [0, 0.1) is 12.3 Å². The van der Waals surface area contributed by atoms with Crippen molar-refractivity contribution in [3.63, 3.8) is 0 Å². The van der Waals surface area contributed by atoms with Crippen molar-refractivity contribution in [2.24, 2.45) is 5.41 Å². The zero-order chi connectivity index (χ0) is 13.1. The van der Waals surface area contributed by atoms with E-state index in [9.17, 15) is 0 Å². The number of nitrogens with zero attached hydrogens (tertiary/aromatic N) is 1. The van der Waals surface area contributed by atoms with Crippen LogP contribution in [0.25, 0.3) is 0 Å². The lowest BCUT2D eigenvalue weighted by molar-refractivity contribution is 0.164. The van der Waals surface area contributed by atoms with Gasteiger partial charge >= 0.3 is 0 Å². The first kappa shape index (κ1) is 14.3. The fraction of sp³-hybridized carbons (Fsp3) is 0.714. The smallest absolute Gasteiger partial charge is 0.105 e. The molecule has 1 unspecified atom stereocenters. The molecule has 17 heavy (non-hydrogen) atoms. The monoisotopic (exact) mass is 238 g/mol. The minimum Gasteiger partial charge on any atom is -0.469 e. The zero-order valence-electron chi connectivity index (χ0n) is 12.0. The lowest BCUT2D eigenvalue weighted by Gasteiger charge is -2.35. The Hall–Kier alpha value is -0.800. The standard InChI is InChI=1S/C14H26N2O/c1-11-13(7-8-17-11)9-16(6)10-14(3,4)12(2)15-5/h7-8,12,15H,9-10H2,1-6H3. The quantitative estimate of drug-likeness (QED) is 0.826. The maximum atomic E-state index is 5.33. The molecule has 1 atom stereocenters. The van der Waals surface area contributed by atoms with Gasteiger partial charge in [-0.3, -0.25) is 0 Å². The predicted octanol–water partition coefficient (Wildman–Crippen LogP) is 2.65. The third-order valence-electron chi connectivity index (χ3n) is 3.69. The molecule has 0 amide bonds. The second kappa shape index (κ2) is 5.69. The maximum Gasteiger partial charge on any atom is 0.105 e. The first-order valence-corrected chi connectivity index (χ1v) is 6.25. The minimum absolute atomic E-state index is 0.251. The van der Waals surface area contributed by atoms with Crippen molar-refractivity contribution in [3.8, 4) is 0 Å². The Morgan fingerprint density at radius 2 is 2.12 bits per heavy atom. The SMILES string of the molecule is CNC(C)C(C)(C)CN(C)Cc1ccoc1C. The largest absolute Gasteiger partial charge is 0.469 e. The second-order valence-electron chi connectivity index (χ2n) is 5.67. The molecule has 0 aliphatic rings. The summed E-state index contributed by atoms with van der Waals surface area (Å²) in [6.45, 7) is 10.9. The highest BCUT2D eigenvalue weighted by Crippen LogP contribution is 2.22. The van der Waals surface area contributed by atoms with Crippen LogP contribution in [-0.4, -0.2) is 31.6 Å². The molecular weight excluding hydrogens is 212 g/mol. The van der Waals surface area contributed by atoms with Crippen LogP contribution in [0.5, 0.6) is 0 Å². The molecular formula is C14H26N2O. The third-order valence-corrected chi connectivity index (χ3v) is 3.69. The third kappa shape index (κ3) is 3.86. The molecule has 0 bridgehead atoms. The Bertz CT molecular complexity index is 344. The van der Waals surface area contributed by atoms with E-state index < -0.39 is 0 Å². The highest BCUT2D eigenvalue weighted by molar-refractivity contribution is 5.15. The molecule has 1 heterocycles. The summed E-state index contributed by atoms with van der Waals surface area (Å²) in [4.78, 5) is 2.35. The topological polar surface area (TPSA) is 28.4 Å². The van der Waals surface area contributed by atoms with Gasteiger partial charge in [0.15, 0.2) is 0 Å². The fourth-order valence-corrected chi connectivity index (χ4v) is 2.15. The fourth-order valence-electron chi connectivity index (χ4n) is 2.15. The van der Waals surface area contributed by atoms with Crippen LogP contribution < -0.4 is 5.32 Å². The van der Waals surface area contributed by atoms with E-state index in [-0.39, 0.29) is 5.41 Å².